The summed E-state index contributed by atoms with van der Waals surface area (Å²) in [6.07, 6.45) is 0. The van der Waals surface area contributed by atoms with E-state index < -0.39 is 0 Å². The van der Waals surface area contributed by atoms with Gasteiger partial charge in [0.25, 0.3) is 0 Å². The van der Waals surface area contributed by atoms with E-state index in [-0.39, 0.29) is 0 Å². The third-order valence-electron chi connectivity index (χ3n) is 13.7. The van der Waals surface area contributed by atoms with E-state index in [1.54, 1.807) is 0 Å². The molecule has 1 aliphatic rings. The maximum Gasteiger partial charge on any atom is 0.0619 e. The molecule has 0 bridgehead atoms. The predicted molar refractivity (Wildman–Crippen MR) is 263 cm³/mol. The molecule has 2 nitrogen and oxygen atoms in total. The molecule has 2 heterocycles. The van der Waals surface area contributed by atoms with E-state index in [2.05, 4.69) is 228 Å². The van der Waals surface area contributed by atoms with Gasteiger partial charge in [-0.15, -0.1) is 0 Å². The Bertz CT molecular complexity index is 4000. The van der Waals surface area contributed by atoms with Gasteiger partial charge in [0.15, 0.2) is 0 Å². The number of rotatable bonds is 4. The molecule has 286 valence electrons. The fraction of sp³-hybridized carbons (Fsp3) is 0. The van der Waals surface area contributed by atoms with Gasteiger partial charge in [0.2, 0.25) is 0 Å². The minimum Gasteiger partial charge on any atom is -0.309 e. The van der Waals surface area contributed by atoms with E-state index in [1.165, 1.54) is 132 Å². The average Bonchev–Trinajstić information content (AvgIpc) is 3.98. The van der Waals surface area contributed by atoms with E-state index in [9.17, 15) is 0 Å². The molecule has 0 saturated carbocycles. The number of aromatic nitrogens is 2. The molecule has 0 spiro atoms. The van der Waals surface area contributed by atoms with Crippen molar-refractivity contribution < 1.29 is 0 Å². The second-order valence-corrected chi connectivity index (χ2v) is 16.8. The van der Waals surface area contributed by atoms with Gasteiger partial charge in [-0.05, 0) is 115 Å². The minimum absolute atomic E-state index is 1.17. The van der Waals surface area contributed by atoms with Crippen LogP contribution in [0.2, 0.25) is 0 Å². The number of hydrogen-bond donors (Lipinski definition) is 0. The van der Waals surface area contributed by atoms with Gasteiger partial charge in [-0.25, -0.2) is 0 Å². The number of benzene rings is 11. The van der Waals surface area contributed by atoms with Crippen LogP contribution in [0.3, 0.4) is 0 Å². The summed E-state index contributed by atoms with van der Waals surface area (Å²) in [4.78, 5) is 0. The minimum atomic E-state index is 1.17. The van der Waals surface area contributed by atoms with Gasteiger partial charge >= 0.3 is 0 Å². The molecule has 11 aromatic carbocycles. The molecule has 2 heteroatoms. The summed E-state index contributed by atoms with van der Waals surface area (Å²) >= 11 is 0. The van der Waals surface area contributed by atoms with Crippen molar-refractivity contribution in [3.05, 3.63) is 218 Å². The second-order valence-electron chi connectivity index (χ2n) is 16.8. The summed E-state index contributed by atoms with van der Waals surface area (Å²) in [5.74, 6) is 0. The summed E-state index contributed by atoms with van der Waals surface area (Å²) in [7, 11) is 0. The Labute approximate surface area is 357 Å². The van der Waals surface area contributed by atoms with Gasteiger partial charge in [0.1, 0.15) is 0 Å². The number of hydrogen-bond acceptors (Lipinski definition) is 0. The molecule has 0 amide bonds. The normalized spacial score (nSPS) is 12.2. The molecule has 0 aliphatic heterocycles. The molecular formula is C60H36N2. The Balaban J connectivity index is 0.948. The fourth-order valence-electron chi connectivity index (χ4n) is 11.0. The molecule has 0 fully saturated rings. The van der Waals surface area contributed by atoms with Gasteiger partial charge < -0.3 is 9.13 Å². The van der Waals surface area contributed by atoms with Gasteiger partial charge in [-0.1, -0.05) is 170 Å². The summed E-state index contributed by atoms with van der Waals surface area (Å²) in [5, 5.41) is 12.7. The third kappa shape index (κ3) is 4.58. The highest BCUT2D eigenvalue weighted by atomic mass is 15.0. The first-order valence-electron chi connectivity index (χ1n) is 21.5. The maximum atomic E-state index is 2.48. The lowest BCUT2D eigenvalue weighted by Crippen LogP contribution is -1.96. The first kappa shape index (κ1) is 33.6. The Morgan fingerprint density at radius 3 is 1.63 bits per heavy atom. The van der Waals surface area contributed by atoms with Gasteiger partial charge in [0, 0.05) is 38.0 Å². The first-order valence-corrected chi connectivity index (χ1v) is 21.5. The lowest BCUT2D eigenvalue weighted by molar-refractivity contribution is 1.19. The van der Waals surface area contributed by atoms with Crippen molar-refractivity contribution in [1.29, 1.82) is 0 Å². The molecule has 14 rings (SSSR count). The standard InChI is InChI=1S/C60H36N2/c1-2-14-40(15-3-1)61-57-33-28-39(36-54(57)52-30-27-37-13-4-5-16-41(37)60(52)61)38-29-34-58-53(35-38)48-19-8-9-25-55(48)62(58)56-26-12-21-43-42(20-10-22-47(43)56)46-31-32-51-45-18-7-6-17-44(45)49-23-11-24-50(46)59(49)51/h1-36H. The van der Waals surface area contributed by atoms with Crippen LogP contribution in [-0.2, 0) is 0 Å². The largest absolute Gasteiger partial charge is 0.309 e. The molecule has 13 aromatic rings. The zero-order valence-corrected chi connectivity index (χ0v) is 33.7. The van der Waals surface area contributed by atoms with Crippen molar-refractivity contribution in [3.63, 3.8) is 0 Å². The highest BCUT2D eigenvalue weighted by Crippen LogP contribution is 2.50. The molecule has 62 heavy (non-hydrogen) atoms. The molecule has 0 atom stereocenters. The van der Waals surface area contributed by atoms with Gasteiger partial charge in [-0.2, -0.15) is 0 Å². The Morgan fingerprint density at radius 2 is 0.806 bits per heavy atom. The van der Waals surface area contributed by atoms with Crippen molar-refractivity contribution >= 4 is 75.9 Å². The molecule has 0 radical (unpaired) electrons. The summed E-state index contributed by atoms with van der Waals surface area (Å²) in [6, 6.07) is 81.0. The smallest absolute Gasteiger partial charge is 0.0619 e. The van der Waals surface area contributed by atoms with E-state index in [0.717, 1.165) is 0 Å². The lowest BCUT2D eigenvalue weighted by atomic mass is 9.91. The molecule has 0 saturated heterocycles. The van der Waals surface area contributed by atoms with Crippen LogP contribution >= 0.6 is 0 Å². The summed E-state index contributed by atoms with van der Waals surface area (Å²) in [5.41, 5.74) is 17.5. The molecule has 0 unspecified atom stereocenters. The highest BCUT2D eigenvalue weighted by Gasteiger charge is 2.24. The van der Waals surface area contributed by atoms with E-state index >= 15 is 0 Å². The van der Waals surface area contributed by atoms with Crippen molar-refractivity contribution in [2.45, 2.75) is 0 Å². The molecule has 0 N–H and O–H groups in total. The van der Waals surface area contributed by atoms with Gasteiger partial charge in [0.05, 0.1) is 27.8 Å². The first-order chi connectivity index (χ1) is 30.8. The predicted octanol–water partition coefficient (Wildman–Crippen LogP) is 16.3. The fourth-order valence-corrected chi connectivity index (χ4v) is 11.0. The highest BCUT2D eigenvalue weighted by molar-refractivity contribution is 6.22. The van der Waals surface area contributed by atoms with Crippen molar-refractivity contribution in [1.82, 2.24) is 9.13 Å². The lowest BCUT2D eigenvalue weighted by Gasteiger charge is -2.16. The zero-order valence-electron chi connectivity index (χ0n) is 33.7. The Kier molecular flexibility index (Phi) is 6.86. The van der Waals surface area contributed by atoms with E-state index in [1.807, 2.05) is 0 Å². The average molecular weight is 785 g/mol. The van der Waals surface area contributed by atoms with Crippen LogP contribution in [-0.4, -0.2) is 9.13 Å². The summed E-state index contributed by atoms with van der Waals surface area (Å²) in [6.45, 7) is 0. The summed E-state index contributed by atoms with van der Waals surface area (Å²) < 4.78 is 4.92. The quantitative estimate of drug-likeness (QED) is 0.168. The molecule has 2 aromatic heterocycles. The number of nitrogens with zero attached hydrogens (tertiary/aromatic N) is 2. The SMILES string of the molecule is c1ccc(-n2c3ccc(-c4ccc5c(c4)c4ccccc4n5-c4cccc5c(-c6ccc7c8c(cccc68)-c6ccccc6-7)cccc45)cc3c3ccc4ccccc4c32)cc1. The van der Waals surface area contributed by atoms with Crippen LogP contribution in [0, 0.1) is 0 Å². The van der Waals surface area contributed by atoms with Crippen LogP contribution in [0.1, 0.15) is 0 Å². The van der Waals surface area contributed by atoms with Crippen molar-refractivity contribution in [2.75, 3.05) is 0 Å². The molecule has 1 aliphatic carbocycles. The third-order valence-corrected chi connectivity index (χ3v) is 13.7. The second kappa shape index (κ2) is 12.7. The van der Waals surface area contributed by atoms with E-state index in [0.29, 0.717) is 0 Å². The topological polar surface area (TPSA) is 9.86 Å². The van der Waals surface area contributed by atoms with Crippen molar-refractivity contribution in [3.8, 4) is 55.9 Å². The maximum absolute atomic E-state index is 2.48. The van der Waals surface area contributed by atoms with Crippen LogP contribution in [0.4, 0.5) is 0 Å². The Hall–Kier alpha value is -8.20. The van der Waals surface area contributed by atoms with Crippen LogP contribution in [0.25, 0.3) is 132 Å². The zero-order chi connectivity index (χ0) is 40.5. The number of para-hydroxylation sites is 2. The van der Waals surface area contributed by atoms with E-state index in [4.69, 9.17) is 0 Å². The monoisotopic (exact) mass is 784 g/mol. The number of fused-ring (bicyclic) bond motifs is 12. The Morgan fingerprint density at radius 1 is 0.258 bits per heavy atom. The van der Waals surface area contributed by atoms with Crippen LogP contribution < -0.4 is 0 Å². The molecular weight excluding hydrogens is 749 g/mol. The van der Waals surface area contributed by atoms with Crippen molar-refractivity contribution in [2.24, 2.45) is 0 Å². The van der Waals surface area contributed by atoms with Crippen LogP contribution in [0.5, 0.6) is 0 Å². The van der Waals surface area contributed by atoms with Gasteiger partial charge in [-0.3, -0.25) is 0 Å². The van der Waals surface area contributed by atoms with Crippen LogP contribution in [0.15, 0.2) is 218 Å².